The van der Waals surface area contributed by atoms with Crippen molar-refractivity contribution in [1.82, 2.24) is 14.8 Å². The fourth-order valence-electron chi connectivity index (χ4n) is 5.44. The Hall–Kier alpha value is -3.41. The van der Waals surface area contributed by atoms with E-state index in [2.05, 4.69) is 4.98 Å². The minimum Gasteiger partial charge on any atom is -0.490 e. The minimum absolute atomic E-state index is 0.206. The van der Waals surface area contributed by atoms with E-state index < -0.39 is 22.9 Å². The Morgan fingerprint density at radius 1 is 1.17 bits per heavy atom. The average Bonchev–Trinajstić information content (AvgIpc) is 3.31. The van der Waals surface area contributed by atoms with Gasteiger partial charge in [0.1, 0.15) is 16.5 Å². The molecule has 220 valence electrons. The highest BCUT2D eigenvalue weighted by Gasteiger charge is 2.30. The fraction of sp³-hybridized carbons (Fsp3) is 0.387. The molecule has 1 atom stereocenters. The lowest BCUT2D eigenvalue weighted by atomic mass is 9.97. The maximum Gasteiger partial charge on any atom is 0.357 e. The molecule has 1 N–H and O–H groups in total. The SMILES string of the molecule is CCOC(=O)c1csc(-n2nc(-c3cccc(OC4CCCC4)c3)c(Cc3ccc(S(=O)O)c(F)c3)c2CC2CC2)n1. The third kappa shape index (κ3) is 6.33. The molecule has 6 rings (SSSR count). The first-order valence-electron chi connectivity index (χ1n) is 14.3. The predicted octanol–water partition coefficient (Wildman–Crippen LogP) is 6.76. The van der Waals surface area contributed by atoms with Crippen molar-refractivity contribution in [3.05, 3.63) is 76.2 Å². The van der Waals surface area contributed by atoms with Crippen LogP contribution in [0.4, 0.5) is 4.39 Å². The largest absolute Gasteiger partial charge is 0.490 e. The van der Waals surface area contributed by atoms with Gasteiger partial charge in [-0.05, 0) is 87.6 Å². The van der Waals surface area contributed by atoms with Crippen LogP contribution in [-0.2, 0) is 28.7 Å². The van der Waals surface area contributed by atoms with Gasteiger partial charge >= 0.3 is 5.97 Å². The van der Waals surface area contributed by atoms with E-state index in [1.165, 1.54) is 36.3 Å². The van der Waals surface area contributed by atoms with E-state index in [0.29, 0.717) is 23.0 Å². The van der Waals surface area contributed by atoms with E-state index in [-0.39, 0.29) is 23.3 Å². The lowest BCUT2D eigenvalue weighted by Gasteiger charge is -2.14. The molecule has 0 amide bonds. The molecule has 0 saturated heterocycles. The number of thiazole rings is 1. The molecule has 2 fully saturated rings. The minimum atomic E-state index is -2.41. The smallest absolute Gasteiger partial charge is 0.357 e. The third-order valence-corrected chi connectivity index (χ3v) is 9.23. The first-order valence-corrected chi connectivity index (χ1v) is 16.3. The molecule has 0 radical (unpaired) electrons. The van der Waals surface area contributed by atoms with Crippen LogP contribution in [-0.4, -0.2) is 42.2 Å². The third-order valence-electron chi connectivity index (χ3n) is 7.70. The molecule has 2 saturated carbocycles. The van der Waals surface area contributed by atoms with Gasteiger partial charge in [0.05, 0.1) is 24.1 Å². The molecule has 42 heavy (non-hydrogen) atoms. The summed E-state index contributed by atoms with van der Waals surface area (Å²) >= 11 is -1.10. The van der Waals surface area contributed by atoms with Gasteiger partial charge in [-0.1, -0.05) is 18.2 Å². The molecule has 4 aromatic rings. The Kier molecular flexibility index (Phi) is 8.50. The molecule has 2 heterocycles. The summed E-state index contributed by atoms with van der Waals surface area (Å²) in [4.78, 5) is 16.7. The van der Waals surface area contributed by atoms with Gasteiger partial charge in [-0.15, -0.1) is 11.3 Å². The number of hydrogen-bond donors (Lipinski definition) is 1. The molecule has 11 heteroatoms. The normalized spacial score (nSPS) is 16.1. The van der Waals surface area contributed by atoms with Crippen molar-refractivity contribution in [3.63, 3.8) is 0 Å². The van der Waals surface area contributed by atoms with Gasteiger partial charge in [0.25, 0.3) is 0 Å². The van der Waals surface area contributed by atoms with E-state index in [4.69, 9.17) is 14.6 Å². The topological polar surface area (TPSA) is 104 Å². The Balaban J connectivity index is 1.45. The Morgan fingerprint density at radius 3 is 2.69 bits per heavy atom. The Labute approximate surface area is 250 Å². The zero-order valence-corrected chi connectivity index (χ0v) is 24.9. The molecule has 1 unspecified atom stereocenters. The van der Waals surface area contributed by atoms with Crippen LogP contribution in [0.5, 0.6) is 5.75 Å². The number of rotatable bonds is 11. The summed E-state index contributed by atoms with van der Waals surface area (Å²) in [6.07, 6.45) is 7.98. The van der Waals surface area contributed by atoms with E-state index in [9.17, 15) is 17.9 Å². The van der Waals surface area contributed by atoms with Crippen LogP contribution in [0.3, 0.4) is 0 Å². The van der Waals surface area contributed by atoms with Crippen molar-refractivity contribution in [2.45, 2.75) is 69.3 Å². The Morgan fingerprint density at radius 2 is 1.98 bits per heavy atom. The standard InChI is InChI=1S/C31H32FN3O5S2/c1-2-39-30(36)26-18-41-31(33-26)35-27(16-19-10-11-19)24(14-20-12-13-28(42(37)38)25(32)15-20)29(34-35)21-6-5-9-23(17-21)40-22-7-3-4-8-22/h5-6,9,12-13,15,17-19,22H,2-4,7-8,10-11,14,16H2,1H3,(H,37,38). The number of carbonyl (C=O) groups is 1. The van der Waals surface area contributed by atoms with Gasteiger partial charge in [-0.3, -0.25) is 0 Å². The van der Waals surface area contributed by atoms with Crippen LogP contribution in [0.15, 0.2) is 52.7 Å². The number of ether oxygens (including phenoxy) is 2. The van der Waals surface area contributed by atoms with Crippen molar-refractivity contribution in [2.24, 2.45) is 5.92 Å². The second-order valence-electron chi connectivity index (χ2n) is 10.8. The van der Waals surface area contributed by atoms with Crippen LogP contribution in [0.25, 0.3) is 16.4 Å². The zero-order valence-electron chi connectivity index (χ0n) is 23.3. The number of benzene rings is 2. The molecule has 2 aliphatic rings. The molecule has 0 spiro atoms. The maximum absolute atomic E-state index is 14.8. The van der Waals surface area contributed by atoms with E-state index in [1.54, 1.807) is 18.4 Å². The second kappa shape index (κ2) is 12.4. The number of nitrogens with zero attached hydrogens (tertiary/aromatic N) is 3. The van der Waals surface area contributed by atoms with Crippen LogP contribution in [0, 0.1) is 11.7 Å². The molecule has 2 aliphatic carbocycles. The van der Waals surface area contributed by atoms with Crippen LogP contribution in [0.2, 0.25) is 0 Å². The van der Waals surface area contributed by atoms with Gasteiger partial charge in [-0.25, -0.2) is 23.1 Å². The van der Waals surface area contributed by atoms with Gasteiger partial charge in [0, 0.05) is 22.9 Å². The van der Waals surface area contributed by atoms with E-state index in [1.807, 2.05) is 28.9 Å². The molecule has 8 nitrogen and oxygen atoms in total. The summed E-state index contributed by atoms with van der Waals surface area (Å²) in [5.41, 5.74) is 4.36. The summed E-state index contributed by atoms with van der Waals surface area (Å²) in [7, 11) is 0. The fourth-order valence-corrected chi connectivity index (χ4v) is 6.62. The monoisotopic (exact) mass is 609 g/mol. The Bertz CT molecular complexity index is 1620. The average molecular weight is 610 g/mol. The highest BCUT2D eigenvalue weighted by molar-refractivity contribution is 7.79. The van der Waals surface area contributed by atoms with Crippen molar-refractivity contribution < 1.29 is 27.4 Å². The molecule has 2 aromatic heterocycles. The summed E-state index contributed by atoms with van der Waals surface area (Å²) in [5, 5.41) is 7.29. The highest BCUT2D eigenvalue weighted by atomic mass is 32.2. The quantitative estimate of drug-likeness (QED) is 0.148. The van der Waals surface area contributed by atoms with Crippen molar-refractivity contribution in [2.75, 3.05) is 6.61 Å². The van der Waals surface area contributed by atoms with Crippen molar-refractivity contribution >= 4 is 28.4 Å². The second-order valence-corrected chi connectivity index (χ2v) is 12.6. The maximum atomic E-state index is 14.8. The van der Waals surface area contributed by atoms with E-state index in [0.717, 1.165) is 60.4 Å². The van der Waals surface area contributed by atoms with Gasteiger partial charge < -0.3 is 14.0 Å². The van der Waals surface area contributed by atoms with Gasteiger partial charge in [0.2, 0.25) is 5.13 Å². The lowest BCUT2D eigenvalue weighted by molar-refractivity contribution is 0.0520. The molecular weight excluding hydrogens is 577 g/mol. The zero-order chi connectivity index (χ0) is 29.2. The van der Waals surface area contributed by atoms with Gasteiger partial charge in [0.15, 0.2) is 16.8 Å². The number of aromatic nitrogens is 3. The van der Waals surface area contributed by atoms with Crippen LogP contribution in [0.1, 0.15) is 72.8 Å². The van der Waals surface area contributed by atoms with Crippen LogP contribution >= 0.6 is 11.3 Å². The lowest BCUT2D eigenvalue weighted by Crippen LogP contribution is -2.10. The van der Waals surface area contributed by atoms with Crippen molar-refractivity contribution in [3.8, 4) is 22.1 Å². The number of hydrogen-bond acceptors (Lipinski definition) is 7. The van der Waals surface area contributed by atoms with Gasteiger partial charge in [-0.2, -0.15) is 5.10 Å². The summed E-state index contributed by atoms with van der Waals surface area (Å²) < 4.78 is 49.0. The predicted molar refractivity (Wildman–Crippen MR) is 158 cm³/mol. The highest BCUT2D eigenvalue weighted by Crippen LogP contribution is 2.39. The van der Waals surface area contributed by atoms with Crippen molar-refractivity contribution in [1.29, 1.82) is 0 Å². The number of halogens is 1. The molecular formula is C31H32FN3O5S2. The number of carbonyl (C=O) groups excluding carboxylic acids is 1. The van der Waals surface area contributed by atoms with E-state index >= 15 is 0 Å². The summed E-state index contributed by atoms with van der Waals surface area (Å²) in [6.45, 7) is 2.01. The molecule has 0 aliphatic heterocycles. The molecule has 0 bridgehead atoms. The summed E-state index contributed by atoms with van der Waals surface area (Å²) in [5.74, 6) is 0.0785. The first kappa shape index (κ1) is 28.7. The number of esters is 1. The molecule has 2 aromatic carbocycles. The van der Waals surface area contributed by atoms with Crippen LogP contribution < -0.4 is 4.74 Å². The first-order chi connectivity index (χ1) is 20.4. The summed E-state index contributed by atoms with van der Waals surface area (Å²) in [6, 6.07) is 12.2.